The van der Waals surface area contributed by atoms with E-state index in [9.17, 15) is 0 Å². The first kappa shape index (κ1) is 18.4. The lowest BCUT2D eigenvalue weighted by molar-refractivity contribution is 0.111. The van der Waals surface area contributed by atoms with Crippen LogP contribution in [-0.4, -0.2) is 0 Å². The molecule has 0 heterocycles. The highest BCUT2D eigenvalue weighted by atomic mass is 14.4. The minimum atomic E-state index is 0.538. The van der Waals surface area contributed by atoms with E-state index in [2.05, 4.69) is 34.6 Å². The molecule has 0 radical (unpaired) electrons. The summed E-state index contributed by atoms with van der Waals surface area (Å²) in [4.78, 5) is 0. The quantitative estimate of drug-likeness (QED) is 0.456. The third-order valence-corrected chi connectivity index (χ3v) is 3.56. The molecule has 0 saturated heterocycles. The maximum Gasteiger partial charge on any atom is -0.0354 e. The van der Waals surface area contributed by atoms with Gasteiger partial charge in [-0.15, -0.1) is 0 Å². The van der Waals surface area contributed by atoms with Crippen molar-refractivity contribution in [2.45, 2.75) is 88.0 Å². The van der Waals surface area contributed by atoms with Gasteiger partial charge in [-0.2, -0.15) is 0 Å². The van der Waals surface area contributed by atoms with Gasteiger partial charge in [0.25, 0.3) is 0 Å². The molecular weight excluding hydrogens is 192 g/mol. The number of hydrogen-bond acceptors (Lipinski definition) is 0. The van der Waals surface area contributed by atoms with Gasteiger partial charge in [0, 0.05) is 0 Å². The van der Waals surface area contributed by atoms with Crippen molar-refractivity contribution in [3.05, 3.63) is 0 Å². The van der Waals surface area contributed by atoms with Crippen LogP contribution in [0.3, 0.4) is 0 Å². The largest absolute Gasteiger partial charge is 0.0683 e. The second kappa shape index (κ2) is 8.14. The molecule has 0 aromatic rings. The molecule has 1 fully saturated rings. The highest BCUT2D eigenvalue weighted by molar-refractivity contribution is 4.83. The molecule has 0 aromatic carbocycles. The van der Waals surface area contributed by atoms with Crippen LogP contribution in [0.2, 0.25) is 0 Å². The first-order valence-electron chi connectivity index (χ1n) is 7.31. The molecule has 0 unspecified atom stereocenters. The van der Waals surface area contributed by atoms with Gasteiger partial charge >= 0.3 is 0 Å². The van der Waals surface area contributed by atoms with Crippen molar-refractivity contribution in [2.75, 3.05) is 0 Å². The van der Waals surface area contributed by atoms with Gasteiger partial charge in [0.05, 0.1) is 0 Å². The monoisotopic (exact) mass is 228 g/mol. The van der Waals surface area contributed by atoms with Crippen molar-refractivity contribution in [3.8, 4) is 0 Å². The van der Waals surface area contributed by atoms with E-state index in [1.165, 1.54) is 25.7 Å². The SMILES string of the molecule is CC.CC.CC1(C)CCC(C(C)(C)C)CC1. The Labute approximate surface area is 105 Å². The van der Waals surface area contributed by atoms with E-state index in [1.54, 1.807) is 0 Å². The van der Waals surface area contributed by atoms with Crippen LogP contribution in [0.5, 0.6) is 0 Å². The minimum absolute atomic E-state index is 0.538. The van der Waals surface area contributed by atoms with Crippen molar-refractivity contribution in [2.24, 2.45) is 16.7 Å². The second-order valence-corrected chi connectivity index (χ2v) is 6.30. The molecule has 0 atom stereocenters. The lowest BCUT2D eigenvalue weighted by atomic mass is 9.65. The first-order valence-corrected chi connectivity index (χ1v) is 7.31. The van der Waals surface area contributed by atoms with Gasteiger partial charge in [-0.3, -0.25) is 0 Å². The van der Waals surface area contributed by atoms with Gasteiger partial charge < -0.3 is 0 Å². The highest BCUT2D eigenvalue weighted by Crippen LogP contribution is 2.44. The summed E-state index contributed by atoms with van der Waals surface area (Å²) in [5, 5.41) is 0. The standard InChI is InChI=1S/C12H24.2C2H6/c1-11(2,3)10-6-8-12(4,5)9-7-10;2*1-2/h10H,6-9H2,1-5H3;2*1-2H3. The van der Waals surface area contributed by atoms with E-state index in [-0.39, 0.29) is 0 Å². The Hall–Kier alpha value is 0. The molecule has 1 aliphatic rings. The van der Waals surface area contributed by atoms with Crippen LogP contribution < -0.4 is 0 Å². The topological polar surface area (TPSA) is 0 Å². The second-order valence-electron chi connectivity index (χ2n) is 6.30. The van der Waals surface area contributed by atoms with Gasteiger partial charge in [0.15, 0.2) is 0 Å². The normalized spacial score (nSPS) is 20.1. The lowest BCUT2D eigenvalue weighted by Gasteiger charge is -2.40. The maximum atomic E-state index is 2.41. The molecule has 100 valence electrons. The Bertz CT molecular complexity index is 138. The summed E-state index contributed by atoms with van der Waals surface area (Å²) < 4.78 is 0. The summed E-state index contributed by atoms with van der Waals surface area (Å²) in [6.07, 6.45) is 5.73. The van der Waals surface area contributed by atoms with Crippen LogP contribution in [0.4, 0.5) is 0 Å². The molecule has 0 heteroatoms. The third kappa shape index (κ3) is 7.30. The summed E-state index contributed by atoms with van der Waals surface area (Å²) in [5.41, 5.74) is 1.16. The fraction of sp³-hybridized carbons (Fsp3) is 1.00. The molecule has 0 nitrogen and oxygen atoms in total. The molecule has 0 N–H and O–H groups in total. The van der Waals surface area contributed by atoms with Gasteiger partial charge in [0.1, 0.15) is 0 Å². The zero-order valence-electron chi connectivity index (χ0n) is 13.4. The van der Waals surface area contributed by atoms with E-state index in [0.29, 0.717) is 10.8 Å². The van der Waals surface area contributed by atoms with Gasteiger partial charge in [0.2, 0.25) is 0 Å². The van der Waals surface area contributed by atoms with Crippen LogP contribution in [0.15, 0.2) is 0 Å². The van der Waals surface area contributed by atoms with Crippen LogP contribution in [0.1, 0.15) is 88.0 Å². The van der Waals surface area contributed by atoms with E-state index >= 15 is 0 Å². The van der Waals surface area contributed by atoms with Crippen LogP contribution in [-0.2, 0) is 0 Å². The lowest BCUT2D eigenvalue weighted by Crippen LogP contribution is -2.29. The molecule has 1 rings (SSSR count). The minimum Gasteiger partial charge on any atom is -0.0683 e. The first-order chi connectivity index (χ1) is 7.31. The molecule has 1 saturated carbocycles. The van der Waals surface area contributed by atoms with Gasteiger partial charge in [-0.25, -0.2) is 0 Å². The van der Waals surface area contributed by atoms with Crippen LogP contribution >= 0.6 is 0 Å². The summed E-state index contributed by atoms with van der Waals surface area (Å²) in [5.74, 6) is 0.963. The molecule has 0 aromatic heterocycles. The smallest absolute Gasteiger partial charge is 0.0354 e. The molecule has 0 aliphatic heterocycles. The van der Waals surface area contributed by atoms with Gasteiger partial charge in [-0.1, -0.05) is 62.3 Å². The Kier molecular flexibility index (Phi) is 9.35. The Morgan fingerprint density at radius 1 is 0.812 bits per heavy atom. The summed E-state index contributed by atoms with van der Waals surface area (Å²) >= 11 is 0. The number of rotatable bonds is 0. The average molecular weight is 228 g/mol. The fourth-order valence-electron chi connectivity index (χ4n) is 2.27. The summed E-state index contributed by atoms with van der Waals surface area (Å²) in [6, 6.07) is 0. The van der Waals surface area contributed by atoms with E-state index in [0.717, 1.165) is 5.92 Å². The molecular formula is C16H36. The van der Waals surface area contributed by atoms with E-state index < -0.39 is 0 Å². The van der Waals surface area contributed by atoms with Crippen molar-refractivity contribution in [3.63, 3.8) is 0 Å². The molecule has 0 spiro atoms. The average Bonchev–Trinajstić information content (AvgIpc) is 2.22. The molecule has 16 heavy (non-hydrogen) atoms. The Balaban J connectivity index is 0. The summed E-state index contributed by atoms with van der Waals surface area (Å²) in [7, 11) is 0. The fourth-order valence-corrected chi connectivity index (χ4v) is 2.27. The van der Waals surface area contributed by atoms with Crippen LogP contribution in [0, 0.1) is 16.7 Å². The van der Waals surface area contributed by atoms with Gasteiger partial charge in [-0.05, 0) is 42.4 Å². The molecule has 1 aliphatic carbocycles. The Morgan fingerprint density at radius 2 is 1.12 bits per heavy atom. The number of hydrogen-bond donors (Lipinski definition) is 0. The predicted octanol–water partition coefficient (Wildman–Crippen LogP) is 6.30. The zero-order valence-corrected chi connectivity index (χ0v) is 13.4. The van der Waals surface area contributed by atoms with Crippen molar-refractivity contribution < 1.29 is 0 Å². The maximum absolute atomic E-state index is 2.41. The Morgan fingerprint density at radius 3 is 1.38 bits per heavy atom. The van der Waals surface area contributed by atoms with E-state index in [1.807, 2.05) is 27.7 Å². The van der Waals surface area contributed by atoms with Crippen molar-refractivity contribution in [1.29, 1.82) is 0 Å². The van der Waals surface area contributed by atoms with Crippen molar-refractivity contribution >= 4 is 0 Å². The van der Waals surface area contributed by atoms with Crippen molar-refractivity contribution in [1.82, 2.24) is 0 Å². The van der Waals surface area contributed by atoms with E-state index in [4.69, 9.17) is 0 Å². The highest BCUT2D eigenvalue weighted by Gasteiger charge is 2.32. The molecule has 0 bridgehead atoms. The van der Waals surface area contributed by atoms with Crippen LogP contribution in [0.25, 0.3) is 0 Å². The zero-order chi connectivity index (χ0) is 13.4. The summed E-state index contributed by atoms with van der Waals surface area (Å²) in [6.45, 7) is 20.0. The molecule has 0 amide bonds. The third-order valence-electron chi connectivity index (χ3n) is 3.56. The predicted molar refractivity (Wildman–Crippen MR) is 77.9 cm³/mol.